The van der Waals surface area contributed by atoms with Gasteiger partial charge in [-0.2, -0.15) is 0 Å². The number of ether oxygens (including phenoxy) is 1. The van der Waals surface area contributed by atoms with Gasteiger partial charge in [-0.15, -0.1) is 0 Å². The molecule has 1 saturated heterocycles. The maximum atomic E-state index is 12.3. The van der Waals surface area contributed by atoms with Crippen LogP contribution in [0, 0.1) is 0 Å². The minimum absolute atomic E-state index is 0.0974. The average molecular weight is 306 g/mol. The van der Waals surface area contributed by atoms with E-state index in [1.54, 1.807) is 18.2 Å². The van der Waals surface area contributed by atoms with Gasteiger partial charge < -0.3 is 21.5 Å². The number of nitrogens with one attached hydrogen (secondary N) is 1. The predicted molar refractivity (Wildman–Crippen MR) is 83.5 cm³/mol. The van der Waals surface area contributed by atoms with E-state index in [1.165, 1.54) is 7.11 Å². The van der Waals surface area contributed by atoms with Crippen LogP contribution < -0.4 is 21.5 Å². The van der Waals surface area contributed by atoms with Gasteiger partial charge >= 0.3 is 0 Å². The molecule has 2 amide bonds. The third-order valence-corrected chi connectivity index (χ3v) is 3.80. The van der Waals surface area contributed by atoms with E-state index in [4.69, 9.17) is 16.2 Å². The molecule has 0 saturated carbocycles. The van der Waals surface area contributed by atoms with Crippen LogP contribution in [0.4, 0.5) is 5.69 Å². The number of nitrogens with zero attached hydrogens (tertiary/aromatic N) is 1. The zero-order chi connectivity index (χ0) is 16.1. The Morgan fingerprint density at radius 3 is 2.64 bits per heavy atom. The molecule has 0 radical (unpaired) electrons. The van der Waals surface area contributed by atoms with Crippen molar-refractivity contribution in [2.45, 2.75) is 18.9 Å². The number of anilines is 1. The third-order valence-electron chi connectivity index (χ3n) is 3.80. The molecule has 2 rings (SSSR count). The first-order valence-corrected chi connectivity index (χ1v) is 7.24. The second kappa shape index (κ2) is 7.13. The Morgan fingerprint density at radius 1 is 1.36 bits per heavy atom. The van der Waals surface area contributed by atoms with Gasteiger partial charge in [0.2, 0.25) is 5.91 Å². The zero-order valence-corrected chi connectivity index (χ0v) is 12.7. The molecule has 1 aromatic carbocycles. The molecule has 7 nitrogen and oxygen atoms in total. The lowest BCUT2D eigenvalue weighted by atomic mass is 10.0. The SMILES string of the molecule is COc1cc(C(=O)NC2CCN(CC(N)=O)CC2)ccc1N. The number of rotatable bonds is 5. The van der Waals surface area contributed by atoms with Gasteiger partial charge in [-0.25, -0.2) is 0 Å². The molecular formula is C15H22N4O3. The Hall–Kier alpha value is -2.28. The van der Waals surface area contributed by atoms with E-state index in [1.807, 2.05) is 4.90 Å². The average Bonchev–Trinajstić information content (AvgIpc) is 2.49. The molecule has 0 atom stereocenters. The fourth-order valence-corrected chi connectivity index (χ4v) is 2.58. The second-order valence-electron chi connectivity index (χ2n) is 5.45. The van der Waals surface area contributed by atoms with Crippen LogP contribution in [0.1, 0.15) is 23.2 Å². The van der Waals surface area contributed by atoms with Gasteiger partial charge in [-0.3, -0.25) is 14.5 Å². The van der Waals surface area contributed by atoms with Crippen molar-refractivity contribution in [2.75, 3.05) is 32.5 Å². The Bertz CT molecular complexity index is 554. The maximum absolute atomic E-state index is 12.3. The number of piperidine rings is 1. The molecule has 0 bridgehead atoms. The lowest BCUT2D eigenvalue weighted by Crippen LogP contribution is -2.46. The number of benzene rings is 1. The summed E-state index contributed by atoms with van der Waals surface area (Å²) >= 11 is 0. The molecular weight excluding hydrogens is 284 g/mol. The van der Waals surface area contributed by atoms with Gasteiger partial charge in [0.05, 0.1) is 19.3 Å². The van der Waals surface area contributed by atoms with E-state index in [9.17, 15) is 9.59 Å². The Labute approximate surface area is 129 Å². The molecule has 1 heterocycles. The summed E-state index contributed by atoms with van der Waals surface area (Å²) in [4.78, 5) is 25.1. The van der Waals surface area contributed by atoms with E-state index >= 15 is 0 Å². The number of methoxy groups -OCH3 is 1. The van der Waals surface area contributed by atoms with Crippen molar-refractivity contribution < 1.29 is 14.3 Å². The molecule has 1 aliphatic rings. The van der Waals surface area contributed by atoms with Crippen molar-refractivity contribution in [3.8, 4) is 5.75 Å². The van der Waals surface area contributed by atoms with E-state index in [0.29, 0.717) is 17.0 Å². The van der Waals surface area contributed by atoms with Gasteiger partial charge in [0, 0.05) is 24.7 Å². The van der Waals surface area contributed by atoms with Crippen LogP contribution in [0.15, 0.2) is 18.2 Å². The van der Waals surface area contributed by atoms with Gasteiger partial charge in [0.15, 0.2) is 0 Å². The first-order valence-electron chi connectivity index (χ1n) is 7.24. The van der Waals surface area contributed by atoms with Gasteiger partial charge in [0.25, 0.3) is 5.91 Å². The lowest BCUT2D eigenvalue weighted by molar-refractivity contribution is -0.119. The van der Waals surface area contributed by atoms with Crippen LogP contribution in [0.3, 0.4) is 0 Å². The smallest absolute Gasteiger partial charge is 0.251 e. The Balaban J connectivity index is 1.89. The number of nitrogen functional groups attached to an aromatic ring is 1. The van der Waals surface area contributed by atoms with Crippen molar-refractivity contribution in [3.63, 3.8) is 0 Å². The van der Waals surface area contributed by atoms with Crippen molar-refractivity contribution in [1.82, 2.24) is 10.2 Å². The standard InChI is InChI=1S/C15H22N4O3/c1-22-13-8-10(2-3-12(13)16)15(21)18-11-4-6-19(7-5-11)9-14(17)20/h2-3,8,11H,4-7,9,16H2,1H3,(H2,17,20)(H,18,21). The molecule has 1 aromatic rings. The summed E-state index contributed by atoms with van der Waals surface area (Å²) in [6, 6.07) is 5.06. The number of amides is 2. The number of carbonyl (C=O) groups excluding carboxylic acids is 2. The molecule has 0 aromatic heterocycles. The largest absolute Gasteiger partial charge is 0.495 e. The lowest BCUT2D eigenvalue weighted by Gasteiger charge is -2.31. The fraction of sp³-hybridized carbons (Fsp3) is 0.467. The topological polar surface area (TPSA) is 111 Å². The Morgan fingerprint density at radius 2 is 2.05 bits per heavy atom. The summed E-state index contributed by atoms with van der Waals surface area (Å²) in [6.45, 7) is 1.77. The number of hydrogen-bond donors (Lipinski definition) is 3. The summed E-state index contributed by atoms with van der Waals surface area (Å²) in [5.41, 5.74) is 11.9. The van der Waals surface area contributed by atoms with Crippen molar-refractivity contribution >= 4 is 17.5 Å². The van der Waals surface area contributed by atoms with Gasteiger partial charge in [-0.05, 0) is 31.0 Å². The normalized spacial score (nSPS) is 16.2. The first-order chi connectivity index (χ1) is 10.5. The van der Waals surface area contributed by atoms with Crippen LogP contribution in [-0.4, -0.2) is 49.5 Å². The van der Waals surface area contributed by atoms with E-state index in [2.05, 4.69) is 5.32 Å². The van der Waals surface area contributed by atoms with Crippen LogP contribution >= 0.6 is 0 Å². The quantitative estimate of drug-likeness (QED) is 0.661. The second-order valence-corrected chi connectivity index (χ2v) is 5.45. The van der Waals surface area contributed by atoms with E-state index < -0.39 is 0 Å². The highest BCUT2D eigenvalue weighted by atomic mass is 16.5. The summed E-state index contributed by atoms with van der Waals surface area (Å²) in [6.07, 6.45) is 1.59. The number of hydrogen-bond acceptors (Lipinski definition) is 5. The number of likely N-dealkylation sites (tertiary alicyclic amines) is 1. The summed E-state index contributed by atoms with van der Waals surface area (Å²) in [5.74, 6) is 0.0204. The van der Waals surface area contributed by atoms with Gasteiger partial charge in [-0.1, -0.05) is 0 Å². The summed E-state index contributed by atoms with van der Waals surface area (Å²) in [7, 11) is 1.52. The van der Waals surface area contributed by atoms with Crippen LogP contribution in [0.25, 0.3) is 0 Å². The third kappa shape index (κ3) is 4.11. The molecule has 1 fully saturated rings. The van der Waals surface area contributed by atoms with Crippen molar-refractivity contribution in [3.05, 3.63) is 23.8 Å². The Kier molecular flexibility index (Phi) is 5.21. The summed E-state index contributed by atoms with van der Waals surface area (Å²) in [5, 5.41) is 3.00. The highest BCUT2D eigenvalue weighted by Gasteiger charge is 2.22. The van der Waals surface area contributed by atoms with E-state index in [-0.39, 0.29) is 24.4 Å². The first kappa shape index (κ1) is 16.1. The molecule has 7 heteroatoms. The van der Waals surface area contributed by atoms with Crippen LogP contribution in [0.2, 0.25) is 0 Å². The highest BCUT2D eigenvalue weighted by molar-refractivity contribution is 5.95. The van der Waals surface area contributed by atoms with Crippen LogP contribution in [0.5, 0.6) is 5.75 Å². The highest BCUT2D eigenvalue weighted by Crippen LogP contribution is 2.22. The zero-order valence-electron chi connectivity index (χ0n) is 12.7. The van der Waals surface area contributed by atoms with Crippen LogP contribution in [-0.2, 0) is 4.79 Å². The van der Waals surface area contributed by atoms with Crippen molar-refractivity contribution in [1.29, 1.82) is 0 Å². The molecule has 120 valence electrons. The monoisotopic (exact) mass is 306 g/mol. The number of carbonyl (C=O) groups is 2. The van der Waals surface area contributed by atoms with Crippen molar-refractivity contribution in [2.24, 2.45) is 5.73 Å². The molecule has 0 spiro atoms. The minimum Gasteiger partial charge on any atom is -0.495 e. The van der Waals surface area contributed by atoms with E-state index in [0.717, 1.165) is 25.9 Å². The predicted octanol–water partition coefficient (Wildman–Crippen LogP) is -0.0431. The maximum Gasteiger partial charge on any atom is 0.251 e. The summed E-state index contributed by atoms with van der Waals surface area (Å²) < 4.78 is 5.12. The molecule has 1 aliphatic heterocycles. The van der Waals surface area contributed by atoms with Gasteiger partial charge in [0.1, 0.15) is 5.75 Å². The molecule has 0 unspecified atom stereocenters. The minimum atomic E-state index is -0.323. The molecule has 22 heavy (non-hydrogen) atoms. The molecule has 5 N–H and O–H groups in total. The number of nitrogens with two attached hydrogens (primary N) is 2. The fourth-order valence-electron chi connectivity index (χ4n) is 2.58. The molecule has 0 aliphatic carbocycles. The number of primary amides is 1.